The molecule has 2 heterocycles. The van der Waals surface area contributed by atoms with Gasteiger partial charge in [-0.15, -0.1) is 5.10 Å². The van der Waals surface area contributed by atoms with Crippen molar-refractivity contribution in [3.05, 3.63) is 17.8 Å². The summed E-state index contributed by atoms with van der Waals surface area (Å²) in [5.41, 5.74) is 1.09. The van der Waals surface area contributed by atoms with Crippen LogP contribution < -0.4 is 10.2 Å². The van der Waals surface area contributed by atoms with Gasteiger partial charge >= 0.3 is 0 Å². The van der Waals surface area contributed by atoms with Gasteiger partial charge in [0.2, 0.25) is 0 Å². The van der Waals surface area contributed by atoms with Gasteiger partial charge in [0.1, 0.15) is 0 Å². The molecule has 4 nitrogen and oxygen atoms in total. The molecule has 1 aliphatic rings. The Kier molecular flexibility index (Phi) is 3.94. The Hall–Kier alpha value is -1.16. The van der Waals surface area contributed by atoms with E-state index in [1.807, 2.05) is 0 Å². The van der Waals surface area contributed by atoms with Crippen LogP contribution >= 0.6 is 0 Å². The number of anilines is 1. The summed E-state index contributed by atoms with van der Waals surface area (Å²) < 4.78 is 0. The topological polar surface area (TPSA) is 41.0 Å². The van der Waals surface area contributed by atoms with E-state index in [4.69, 9.17) is 0 Å². The van der Waals surface area contributed by atoms with Crippen molar-refractivity contribution >= 4 is 5.82 Å². The minimum atomic E-state index is 0.494. The van der Waals surface area contributed by atoms with Gasteiger partial charge in [0.05, 0.1) is 5.69 Å². The summed E-state index contributed by atoms with van der Waals surface area (Å²) in [6.07, 6.45) is 1.00. The fourth-order valence-electron chi connectivity index (χ4n) is 2.21. The molecule has 2 rings (SSSR count). The molecule has 0 aliphatic carbocycles. The molecule has 0 amide bonds. The highest BCUT2D eigenvalue weighted by molar-refractivity contribution is 5.39. The van der Waals surface area contributed by atoms with Gasteiger partial charge < -0.3 is 10.2 Å². The molecule has 1 unspecified atom stereocenters. The van der Waals surface area contributed by atoms with Gasteiger partial charge in [-0.25, -0.2) is 0 Å². The molecule has 0 bridgehead atoms. The number of aromatic nitrogens is 2. The molecule has 1 fully saturated rings. The molecule has 17 heavy (non-hydrogen) atoms. The Balaban J connectivity index is 2.06. The number of rotatable bonds is 3. The average Bonchev–Trinajstić information content (AvgIpc) is 2.30. The Morgan fingerprint density at radius 2 is 2.24 bits per heavy atom. The zero-order valence-electron chi connectivity index (χ0n) is 11.0. The largest absolute Gasteiger partial charge is 0.350 e. The van der Waals surface area contributed by atoms with Crippen LogP contribution in [0.3, 0.4) is 0 Å². The first kappa shape index (κ1) is 12.3. The van der Waals surface area contributed by atoms with Crippen LogP contribution in [-0.2, 0) is 6.42 Å². The Bertz CT molecular complexity index is 347. The summed E-state index contributed by atoms with van der Waals surface area (Å²) >= 11 is 0. The number of nitrogens with zero attached hydrogens (tertiary/aromatic N) is 3. The van der Waals surface area contributed by atoms with Crippen molar-refractivity contribution in [2.45, 2.75) is 33.2 Å². The zero-order chi connectivity index (χ0) is 12.3. The zero-order valence-corrected chi connectivity index (χ0v) is 11.0. The first-order valence-electron chi connectivity index (χ1n) is 6.47. The van der Waals surface area contributed by atoms with E-state index in [1.165, 1.54) is 0 Å². The first-order valence-corrected chi connectivity index (χ1v) is 6.47. The minimum absolute atomic E-state index is 0.494. The molecule has 94 valence electrons. The van der Waals surface area contributed by atoms with E-state index in [1.54, 1.807) is 0 Å². The Labute approximate surface area is 103 Å². The molecule has 0 aromatic carbocycles. The van der Waals surface area contributed by atoms with Crippen molar-refractivity contribution in [1.82, 2.24) is 15.5 Å². The molecule has 1 aromatic heterocycles. The van der Waals surface area contributed by atoms with Crippen LogP contribution in [-0.4, -0.2) is 35.9 Å². The average molecular weight is 234 g/mol. The quantitative estimate of drug-likeness (QED) is 0.860. The second-order valence-electron chi connectivity index (χ2n) is 5.23. The van der Waals surface area contributed by atoms with Crippen molar-refractivity contribution in [2.75, 3.05) is 24.5 Å². The van der Waals surface area contributed by atoms with Gasteiger partial charge in [0, 0.05) is 25.7 Å². The van der Waals surface area contributed by atoms with Crippen LogP contribution in [0.25, 0.3) is 0 Å². The summed E-state index contributed by atoms with van der Waals surface area (Å²) in [4.78, 5) is 2.32. The molecule has 0 saturated carbocycles. The van der Waals surface area contributed by atoms with Crippen LogP contribution in [0.2, 0.25) is 0 Å². The van der Waals surface area contributed by atoms with Gasteiger partial charge in [-0.05, 0) is 31.4 Å². The van der Waals surface area contributed by atoms with Crippen LogP contribution in [0, 0.1) is 5.92 Å². The fourth-order valence-corrected chi connectivity index (χ4v) is 2.21. The highest BCUT2D eigenvalue weighted by Gasteiger charge is 2.19. The molecular weight excluding hydrogens is 212 g/mol. The Morgan fingerprint density at radius 3 is 2.82 bits per heavy atom. The van der Waals surface area contributed by atoms with Crippen LogP contribution in [0.5, 0.6) is 0 Å². The van der Waals surface area contributed by atoms with Crippen molar-refractivity contribution in [1.29, 1.82) is 0 Å². The monoisotopic (exact) mass is 234 g/mol. The van der Waals surface area contributed by atoms with E-state index in [0.29, 0.717) is 12.0 Å². The third kappa shape index (κ3) is 3.16. The van der Waals surface area contributed by atoms with Gasteiger partial charge in [-0.1, -0.05) is 13.8 Å². The van der Waals surface area contributed by atoms with E-state index in [9.17, 15) is 0 Å². The second kappa shape index (κ2) is 5.45. The summed E-state index contributed by atoms with van der Waals surface area (Å²) in [6.45, 7) is 9.69. The lowest BCUT2D eigenvalue weighted by molar-refractivity contribution is 0.495. The first-order chi connectivity index (χ1) is 8.16. The Morgan fingerprint density at radius 1 is 1.41 bits per heavy atom. The molecule has 4 heteroatoms. The lowest BCUT2D eigenvalue weighted by Gasteiger charge is -2.34. The molecule has 0 spiro atoms. The highest BCUT2D eigenvalue weighted by atomic mass is 15.3. The van der Waals surface area contributed by atoms with Crippen LogP contribution in [0.4, 0.5) is 5.82 Å². The predicted octanol–water partition coefficient (Wildman–Crippen LogP) is 1.47. The number of nitrogens with one attached hydrogen (secondary N) is 1. The summed E-state index contributed by atoms with van der Waals surface area (Å²) in [7, 11) is 0. The fraction of sp³-hybridized carbons (Fsp3) is 0.692. The normalized spacial score (nSPS) is 20.9. The molecule has 1 N–H and O–H groups in total. The van der Waals surface area contributed by atoms with E-state index in [0.717, 1.165) is 37.6 Å². The number of hydrogen-bond acceptors (Lipinski definition) is 4. The van der Waals surface area contributed by atoms with Crippen molar-refractivity contribution in [3.8, 4) is 0 Å². The third-order valence-electron chi connectivity index (χ3n) is 3.12. The lowest BCUT2D eigenvalue weighted by atomic mass is 10.1. The summed E-state index contributed by atoms with van der Waals surface area (Å²) in [6, 6.07) is 4.71. The molecule has 1 atom stereocenters. The summed E-state index contributed by atoms with van der Waals surface area (Å²) in [5.74, 6) is 1.64. The lowest BCUT2D eigenvalue weighted by Crippen LogP contribution is -2.50. The molecule has 1 saturated heterocycles. The number of piperazine rings is 1. The SMILES string of the molecule is CC(C)Cc1ccc(N2CCNCC2C)nn1. The smallest absolute Gasteiger partial charge is 0.151 e. The minimum Gasteiger partial charge on any atom is -0.350 e. The van der Waals surface area contributed by atoms with E-state index >= 15 is 0 Å². The van der Waals surface area contributed by atoms with Gasteiger partial charge in [0.25, 0.3) is 0 Å². The van der Waals surface area contributed by atoms with Gasteiger partial charge in [-0.2, -0.15) is 5.10 Å². The highest BCUT2D eigenvalue weighted by Crippen LogP contribution is 2.15. The molecule has 1 aliphatic heterocycles. The number of hydrogen-bond donors (Lipinski definition) is 1. The standard InChI is InChI=1S/C13H22N4/c1-10(2)8-12-4-5-13(16-15-12)17-7-6-14-9-11(17)3/h4-5,10-11,14H,6-9H2,1-3H3. The summed E-state index contributed by atoms with van der Waals surface area (Å²) in [5, 5.41) is 12.1. The predicted molar refractivity (Wildman–Crippen MR) is 70.3 cm³/mol. The van der Waals surface area contributed by atoms with E-state index in [2.05, 4.69) is 53.3 Å². The van der Waals surface area contributed by atoms with E-state index in [-0.39, 0.29) is 0 Å². The van der Waals surface area contributed by atoms with E-state index < -0.39 is 0 Å². The maximum atomic E-state index is 4.35. The van der Waals surface area contributed by atoms with Crippen LogP contribution in [0.1, 0.15) is 26.5 Å². The van der Waals surface area contributed by atoms with Crippen LogP contribution in [0.15, 0.2) is 12.1 Å². The van der Waals surface area contributed by atoms with Crippen molar-refractivity contribution in [2.24, 2.45) is 5.92 Å². The van der Waals surface area contributed by atoms with Gasteiger partial charge in [-0.3, -0.25) is 0 Å². The third-order valence-corrected chi connectivity index (χ3v) is 3.12. The maximum Gasteiger partial charge on any atom is 0.151 e. The maximum absolute atomic E-state index is 4.35. The van der Waals surface area contributed by atoms with Crippen molar-refractivity contribution < 1.29 is 0 Å². The molecule has 1 aromatic rings. The van der Waals surface area contributed by atoms with Crippen molar-refractivity contribution in [3.63, 3.8) is 0 Å². The van der Waals surface area contributed by atoms with Gasteiger partial charge in [0.15, 0.2) is 5.82 Å². The second-order valence-corrected chi connectivity index (χ2v) is 5.23. The molecule has 0 radical (unpaired) electrons. The molecular formula is C13H22N4.